The summed E-state index contributed by atoms with van der Waals surface area (Å²) in [6.45, 7) is 6.72. The van der Waals surface area contributed by atoms with Crippen LogP contribution in [0.1, 0.15) is 124 Å². The first-order valence-corrected chi connectivity index (χ1v) is 13.0. The van der Waals surface area contributed by atoms with Crippen LogP contribution < -0.4 is 0 Å². The van der Waals surface area contributed by atoms with Crippen LogP contribution in [-0.2, 0) is 9.22 Å². The van der Waals surface area contributed by atoms with Crippen molar-refractivity contribution in [3.63, 3.8) is 0 Å². The molecule has 0 aromatic heterocycles. The second kappa shape index (κ2) is 20.0. The number of carbonyl (C=O) groups is 1. The quantitative estimate of drug-likeness (QED) is 0.182. The van der Waals surface area contributed by atoms with Gasteiger partial charge in [0.25, 0.3) is 5.97 Å². The minimum absolute atomic E-state index is 0.0739. The van der Waals surface area contributed by atoms with Crippen molar-refractivity contribution in [2.45, 2.75) is 130 Å². The lowest BCUT2D eigenvalue weighted by Gasteiger charge is -2.17. The Hall–Kier alpha value is -0.313. The van der Waals surface area contributed by atoms with Gasteiger partial charge in [0.2, 0.25) is 9.76 Å². The number of rotatable bonds is 19. The van der Waals surface area contributed by atoms with Gasteiger partial charge in [-0.1, -0.05) is 104 Å². The zero-order valence-corrected chi connectivity index (χ0v) is 19.0. The molecule has 0 spiro atoms. The topological polar surface area (TPSA) is 26.3 Å². The monoisotopic (exact) mass is 370 g/mol. The summed E-state index contributed by atoms with van der Waals surface area (Å²) in [5.74, 6) is 0.911. The average Bonchev–Trinajstić information content (AvgIpc) is 2.61. The van der Waals surface area contributed by atoms with Gasteiger partial charge in [0.15, 0.2) is 0 Å². The molecule has 150 valence electrons. The maximum Gasteiger partial charge on any atom is 0.292 e. The van der Waals surface area contributed by atoms with Crippen molar-refractivity contribution in [2.75, 3.05) is 0 Å². The molecule has 0 aliphatic rings. The Kier molecular flexibility index (Phi) is 19.8. The van der Waals surface area contributed by atoms with E-state index >= 15 is 0 Å². The molecule has 0 saturated heterocycles. The summed E-state index contributed by atoms with van der Waals surface area (Å²) in [5, 5.41) is 0. The van der Waals surface area contributed by atoms with Crippen molar-refractivity contribution in [2.24, 2.45) is 5.92 Å². The van der Waals surface area contributed by atoms with Gasteiger partial charge in [-0.05, 0) is 24.8 Å². The van der Waals surface area contributed by atoms with Gasteiger partial charge in [0.05, 0.1) is 0 Å². The third-order valence-electron chi connectivity index (χ3n) is 5.19. The highest BCUT2D eigenvalue weighted by Gasteiger charge is 2.10. The van der Waals surface area contributed by atoms with E-state index in [9.17, 15) is 4.79 Å². The zero-order chi connectivity index (χ0) is 18.6. The lowest BCUT2D eigenvalue weighted by molar-refractivity contribution is -0.134. The zero-order valence-electron chi connectivity index (χ0n) is 17.6. The average molecular weight is 371 g/mol. The van der Waals surface area contributed by atoms with E-state index in [0.29, 0.717) is 6.42 Å². The lowest BCUT2D eigenvalue weighted by Crippen LogP contribution is -2.09. The van der Waals surface area contributed by atoms with Crippen LogP contribution in [0.4, 0.5) is 0 Å². The van der Waals surface area contributed by atoms with Crippen molar-refractivity contribution < 1.29 is 9.22 Å². The molecule has 0 aliphatic heterocycles. The van der Waals surface area contributed by atoms with E-state index in [1.54, 1.807) is 0 Å². The van der Waals surface area contributed by atoms with Crippen LogP contribution in [0.15, 0.2) is 0 Å². The van der Waals surface area contributed by atoms with E-state index in [1.807, 2.05) is 0 Å². The van der Waals surface area contributed by atoms with Gasteiger partial charge in [0.1, 0.15) is 0 Å². The van der Waals surface area contributed by atoms with Crippen LogP contribution in [0.2, 0.25) is 6.04 Å². The molecule has 0 rings (SSSR count). The summed E-state index contributed by atoms with van der Waals surface area (Å²) in [6, 6.07) is 1.13. The summed E-state index contributed by atoms with van der Waals surface area (Å²) in [7, 11) is -0.577. The van der Waals surface area contributed by atoms with Gasteiger partial charge in [-0.25, -0.2) is 0 Å². The van der Waals surface area contributed by atoms with Gasteiger partial charge in [-0.2, -0.15) is 0 Å². The summed E-state index contributed by atoms with van der Waals surface area (Å²) < 4.78 is 5.42. The first-order chi connectivity index (χ1) is 12.2. The van der Waals surface area contributed by atoms with Crippen molar-refractivity contribution in [1.82, 2.24) is 0 Å². The van der Waals surface area contributed by atoms with Gasteiger partial charge in [-0.3, -0.25) is 4.79 Å². The summed E-state index contributed by atoms with van der Waals surface area (Å²) in [5.41, 5.74) is 0. The molecule has 0 N–H and O–H groups in total. The van der Waals surface area contributed by atoms with Gasteiger partial charge < -0.3 is 4.43 Å². The summed E-state index contributed by atoms with van der Waals surface area (Å²) >= 11 is 0. The second-order valence-corrected chi connectivity index (χ2v) is 9.14. The van der Waals surface area contributed by atoms with Crippen LogP contribution in [-0.4, -0.2) is 15.7 Å². The Morgan fingerprint density at radius 1 is 0.720 bits per heavy atom. The highest BCUT2D eigenvalue weighted by atomic mass is 28.2. The molecule has 0 aromatic carbocycles. The summed E-state index contributed by atoms with van der Waals surface area (Å²) in [6.07, 6.45) is 20.6. The minimum Gasteiger partial charge on any atom is -0.525 e. The Balaban J connectivity index is 3.91. The molecular formula is C22H46O2Si. The Bertz CT molecular complexity index is 267. The van der Waals surface area contributed by atoms with Crippen LogP contribution in [0, 0.1) is 5.92 Å². The van der Waals surface area contributed by atoms with Crippen LogP contribution >= 0.6 is 0 Å². The van der Waals surface area contributed by atoms with Crippen molar-refractivity contribution in [3.8, 4) is 0 Å². The fourth-order valence-electron chi connectivity index (χ4n) is 3.44. The maximum atomic E-state index is 11.8. The molecular weight excluding hydrogens is 324 g/mol. The van der Waals surface area contributed by atoms with Crippen molar-refractivity contribution in [1.29, 1.82) is 0 Å². The van der Waals surface area contributed by atoms with E-state index in [-0.39, 0.29) is 5.97 Å². The second-order valence-electron chi connectivity index (χ2n) is 7.74. The Morgan fingerprint density at radius 2 is 1.24 bits per heavy atom. The first kappa shape index (κ1) is 24.7. The van der Waals surface area contributed by atoms with E-state index in [0.717, 1.165) is 24.8 Å². The molecule has 0 unspecified atom stereocenters. The molecule has 3 heteroatoms. The van der Waals surface area contributed by atoms with Gasteiger partial charge in [0, 0.05) is 6.42 Å². The molecule has 2 nitrogen and oxygen atoms in total. The highest BCUT2D eigenvalue weighted by molar-refractivity contribution is 6.30. The van der Waals surface area contributed by atoms with E-state index in [4.69, 9.17) is 4.43 Å². The normalized spacial score (nSPS) is 11.7. The van der Waals surface area contributed by atoms with Crippen molar-refractivity contribution in [3.05, 3.63) is 0 Å². The standard InChI is InChI=1S/C22H46O2Si/c1-4-7-9-11-13-16-21(17-14-12-10-8-5-2)18-15-19-22(23)24-25-20-6-3/h21H,4-20,25H2,1-3H3. The molecule has 0 radical (unpaired) electrons. The van der Waals surface area contributed by atoms with Crippen molar-refractivity contribution >= 4 is 15.7 Å². The van der Waals surface area contributed by atoms with Gasteiger partial charge >= 0.3 is 0 Å². The Labute approximate surface area is 160 Å². The minimum atomic E-state index is -0.577. The lowest BCUT2D eigenvalue weighted by atomic mass is 9.90. The van der Waals surface area contributed by atoms with Gasteiger partial charge in [-0.15, -0.1) is 0 Å². The van der Waals surface area contributed by atoms with E-state index in [1.165, 1.54) is 83.5 Å². The smallest absolute Gasteiger partial charge is 0.292 e. The number of carbonyl (C=O) groups excluding carboxylic acids is 1. The molecule has 0 bridgehead atoms. The number of unbranched alkanes of at least 4 members (excludes halogenated alkanes) is 8. The van der Waals surface area contributed by atoms with Crippen LogP contribution in [0.3, 0.4) is 0 Å². The largest absolute Gasteiger partial charge is 0.525 e. The molecule has 25 heavy (non-hydrogen) atoms. The molecule has 0 saturated carbocycles. The fraction of sp³-hybridized carbons (Fsp3) is 0.955. The third kappa shape index (κ3) is 18.3. The Morgan fingerprint density at radius 3 is 1.76 bits per heavy atom. The predicted molar refractivity (Wildman–Crippen MR) is 114 cm³/mol. The SMILES string of the molecule is CCCCCCCC(CCCCCCC)CCCC(=O)O[SiH2]CCC. The van der Waals surface area contributed by atoms with Crippen LogP contribution in [0.25, 0.3) is 0 Å². The molecule has 0 aliphatic carbocycles. The van der Waals surface area contributed by atoms with E-state index < -0.39 is 9.76 Å². The van der Waals surface area contributed by atoms with E-state index in [2.05, 4.69) is 20.8 Å². The molecule has 0 aromatic rings. The maximum absolute atomic E-state index is 11.8. The summed E-state index contributed by atoms with van der Waals surface area (Å²) in [4.78, 5) is 11.8. The number of hydrogen-bond acceptors (Lipinski definition) is 2. The third-order valence-corrected chi connectivity index (χ3v) is 6.71. The molecule has 0 fully saturated rings. The fourth-order valence-corrected chi connectivity index (χ4v) is 4.25. The molecule has 0 heterocycles. The first-order valence-electron chi connectivity index (χ1n) is 11.4. The number of hydrogen-bond donors (Lipinski definition) is 0. The molecule has 0 amide bonds. The van der Waals surface area contributed by atoms with Crippen LogP contribution in [0.5, 0.6) is 0 Å². The predicted octanol–water partition coefficient (Wildman–Crippen LogP) is 6.95. The highest BCUT2D eigenvalue weighted by Crippen LogP contribution is 2.24. The molecule has 0 atom stereocenters.